The quantitative estimate of drug-likeness (QED) is 0.483. The molecule has 2 N–H and O–H groups in total. The second-order valence-corrected chi connectivity index (χ2v) is 9.31. The van der Waals surface area contributed by atoms with Gasteiger partial charge in [-0.15, -0.1) is 0 Å². The summed E-state index contributed by atoms with van der Waals surface area (Å²) in [7, 11) is 0. The van der Waals surface area contributed by atoms with Gasteiger partial charge in [-0.3, -0.25) is 0 Å². The highest BCUT2D eigenvalue weighted by Gasteiger charge is 2.32. The van der Waals surface area contributed by atoms with Crippen molar-refractivity contribution in [2.24, 2.45) is 5.92 Å². The minimum atomic E-state index is -0.778. The summed E-state index contributed by atoms with van der Waals surface area (Å²) < 4.78 is 14.3. The number of rotatable bonds is 11. The normalized spacial score (nSPS) is 19.9. The van der Waals surface area contributed by atoms with E-state index in [0.29, 0.717) is 24.7 Å². The summed E-state index contributed by atoms with van der Waals surface area (Å²) in [6.45, 7) is 13.7. The van der Waals surface area contributed by atoms with E-state index in [1.807, 2.05) is 13.8 Å². The van der Waals surface area contributed by atoms with Crippen LogP contribution in [0.2, 0.25) is 0 Å². The molecule has 0 radical (unpaired) electrons. The van der Waals surface area contributed by atoms with Gasteiger partial charge < -0.3 is 15.3 Å². The Balaban J connectivity index is 1.54. The molecule has 1 aliphatic carbocycles. The van der Waals surface area contributed by atoms with Crippen LogP contribution in [0.25, 0.3) is 0 Å². The van der Waals surface area contributed by atoms with Gasteiger partial charge >= 0.3 is 0 Å². The lowest BCUT2D eigenvalue weighted by molar-refractivity contribution is 0.0564. The average molecular weight is 401 g/mol. The molecule has 160 valence electrons. The molecule has 1 aromatic carbocycles. The molecule has 0 amide bonds. The topological polar surface area (TPSA) is 35.5 Å². The number of halogens is 1. The molecule has 0 aromatic heterocycles. The largest absolute Gasteiger partial charge is 0.390 e. The van der Waals surface area contributed by atoms with Gasteiger partial charge in [0.05, 0.1) is 18.0 Å². The van der Waals surface area contributed by atoms with Gasteiger partial charge in [0.15, 0.2) is 0 Å². The summed E-state index contributed by atoms with van der Waals surface area (Å²) in [6.07, 6.45) is 8.26. The highest BCUT2D eigenvalue weighted by atomic mass is 19.1. The van der Waals surface area contributed by atoms with E-state index in [2.05, 4.69) is 29.4 Å². The monoisotopic (exact) mass is 400 g/mol. The fourth-order valence-electron chi connectivity index (χ4n) is 4.44. The summed E-state index contributed by atoms with van der Waals surface area (Å²) >= 11 is 0. The first-order valence-corrected chi connectivity index (χ1v) is 11.2. The van der Waals surface area contributed by atoms with Crippen molar-refractivity contribution < 1.29 is 9.50 Å². The van der Waals surface area contributed by atoms with Gasteiger partial charge in [-0.25, -0.2) is 4.39 Å². The number of hydrogen-bond acceptors (Lipinski definition) is 3. The van der Waals surface area contributed by atoms with Crippen LogP contribution in [0.3, 0.4) is 0 Å². The molecule has 2 unspecified atom stereocenters. The molecule has 4 heteroatoms. The predicted octanol–water partition coefficient (Wildman–Crippen LogP) is 5.47. The number of unbranched alkanes of at least 4 members (excludes halogenated alkanes) is 2. The zero-order valence-electron chi connectivity index (χ0n) is 18.1. The molecule has 0 bridgehead atoms. The molecular formula is C25H37FN2O. The molecule has 1 saturated heterocycles. The SMILES string of the molecule is C=C1CN(CCCCCC(c2cc(F)cc(CC(C)(O)CC)c2)C2CC2)C(=C)N1. The molecule has 1 heterocycles. The minimum absolute atomic E-state index is 0.171. The van der Waals surface area contributed by atoms with Crippen LogP contribution in [0.15, 0.2) is 42.9 Å². The summed E-state index contributed by atoms with van der Waals surface area (Å²) in [5.41, 5.74) is 2.29. The molecule has 3 nitrogen and oxygen atoms in total. The minimum Gasteiger partial charge on any atom is -0.390 e. The lowest BCUT2D eigenvalue weighted by Crippen LogP contribution is -2.26. The van der Waals surface area contributed by atoms with Gasteiger partial charge in [-0.2, -0.15) is 0 Å². The summed E-state index contributed by atoms with van der Waals surface area (Å²) in [4.78, 5) is 2.25. The first kappa shape index (κ1) is 21.9. The van der Waals surface area contributed by atoms with Crippen molar-refractivity contribution in [1.82, 2.24) is 10.2 Å². The van der Waals surface area contributed by atoms with E-state index in [4.69, 9.17) is 0 Å². The van der Waals surface area contributed by atoms with Crippen molar-refractivity contribution in [1.29, 1.82) is 0 Å². The second-order valence-electron chi connectivity index (χ2n) is 9.31. The zero-order valence-corrected chi connectivity index (χ0v) is 18.1. The van der Waals surface area contributed by atoms with Crippen LogP contribution in [0.1, 0.15) is 75.8 Å². The standard InChI is InChI=1S/C25H37FN2O/c1-5-25(4,29)16-20-13-22(15-23(26)14-20)24(21-10-11-21)9-7-6-8-12-28-17-18(2)27-19(28)3/h13-15,21,24,27,29H,2-3,5-12,16-17H2,1,4H3. The molecule has 29 heavy (non-hydrogen) atoms. The highest BCUT2D eigenvalue weighted by Crippen LogP contribution is 2.45. The molecule has 0 spiro atoms. The summed E-state index contributed by atoms with van der Waals surface area (Å²) in [5, 5.41) is 13.6. The maximum absolute atomic E-state index is 14.3. The Labute approximate surface area is 175 Å². The van der Waals surface area contributed by atoms with E-state index >= 15 is 0 Å². The van der Waals surface area contributed by atoms with Crippen LogP contribution >= 0.6 is 0 Å². The molecule has 2 atom stereocenters. The number of hydrogen-bond donors (Lipinski definition) is 2. The van der Waals surface area contributed by atoms with E-state index in [0.717, 1.165) is 55.0 Å². The van der Waals surface area contributed by atoms with Crippen molar-refractivity contribution in [3.05, 3.63) is 59.8 Å². The lowest BCUT2D eigenvalue weighted by atomic mass is 9.86. The number of benzene rings is 1. The first-order valence-electron chi connectivity index (χ1n) is 11.2. The van der Waals surface area contributed by atoms with E-state index in [-0.39, 0.29) is 5.82 Å². The van der Waals surface area contributed by atoms with Crippen molar-refractivity contribution in [2.75, 3.05) is 13.1 Å². The number of nitrogens with zero attached hydrogens (tertiary/aromatic N) is 1. The fourth-order valence-corrected chi connectivity index (χ4v) is 4.44. The van der Waals surface area contributed by atoms with Gasteiger partial charge in [0.1, 0.15) is 5.82 Å². The first-order chi connectivity index (χ1) is 13.8. The van der Waals surface area contributed by atoms with Gasteiger partial charge in [0, 0.05) is 18.7 Å². The molecule has 3 rings (SSSR count). The Morgan fingerprint density at radius 2 is 2.00 bits per heavy atom. The van der Waals surface area contributed by atoms with Gasteiger partial charge in [0.2, 0.25) is 0 Å². The molecule has 2 aliphatic rings. The van der Waals surface area contributed by atoms with Crippen LogP contribution in [0, 0.1) is 11.7 Å². The third-order valence-electron chi connectivity index (χ3n) is 6.47. The number of aliphatic hydroxyl groups is 1. The van der Waals surface area contributed by atoms with E-state index in [1.54, 1.807) is 12.1 Å². The molecule has 1 aromatic rings. The smallest absolute Gasteiger partial charge is 0.123 e. The summed E-state index contributed by atoms with van der Waals surface area (Å²) in [5.74, 6) is 1.93. The van der Waals surface area contributed by atoms with Crippen molar-refractivity contribution in [3.8, 4) is 0 Å². The highest BCUT2D eigenvalue weighted by molar-refractivity contribution is 5.30. The van der Waals surface area contributed by atoms with Crippen LogP contribution in [-0.2, 0) is 6.42 Å². The molecule has 1 aliphatic heterocycles. The van der Waals surface area contributed by atoms with Crippen molar-refractivity contribution in [3.63, 3.8) is 0 Å². The maximum atomic E-state index is 14.3. The number of nitrogens with one attached hydrogen (secondary N) is 1. The Morgan fingerprint density at radius 3 is 2.62 bits per heavy atom. The second kappa shape index (κ2) is 9.34. The van der Waals surface area contributed by atoms with E-state index in [1.165, 1.54) is 19.3 Å². The van der Waals surface area contributed by atoms with Crippen molar-refractivity contribution >= 4 is 0 Å². The summed E-state index contributed by atoms with van der Waals surface area (Å²) in [6, 6.07) is 5.45. The molecule has 1 saturated carbocycles. The maximum Gasteiger partial charge on any atom is 0.123 e. The van der Waals surface area contributed by atoms with Gasteiger partial charge in [0.25, 0.3) is 0 Å². The Hall–Kier alpha value is -1.81. The molecular weight excluding hydrogens is 363 g/mol. The average Bonchev–Trinajstić information content (AvgIpc) is 3.42. The van der Waals surface area contributed by atoms with Crippen LogP contribution < -0.4 is 5.32 Å². The third-order valence-corrected chi connectivity index (χ3v) is 6.47. The predicted molar refractivity (Wildman–Crippen MR) is 118 cm³/mol. The fraction of sp³-hybridized carbons (Fsp3) is 0.600. The van der Waals surface area contributed by atoms with E-state index < -0.39 is 5.60 Å². The Bertz CT molecular complexity index is 738. The lowest BCUT2D eigenvalue weighted by Gasteiger charge is -2.23. The molecule has 2 fully saturated rings. The van der Waals surface area contributed by atoms with E-state index in [9.17, 15) is 9.50 Å². The van der Waals surface area contributed by atoms with Crippen LogP contribution in [-0.4, -0.2) is 28.7 Å². The van der Waals surface area contributed by atoms with Gasteiger partial charge in [-0.1, -0.05) is 39.0 Å². The Kier molecular flexibility index (Phi) is 7.05. The van der Waals surface area contributed by atoms with Gasteiger partial charge in [-0.05, 0) is 74.1 Å². The zero-order chi connectivity index (χ0) is 21.0. The van der Waals surface area contributed by atoms with Crippen LogP contribution in [0.4, 0.5) is 4.39 Å². The Morgan fingerprint density at radius 1 is 1.24 bits per heavy atom. The third kappa shape index (κ3) is 6.33. The van der Waals surface area contributed by atoms with Crippen LogP contribution in [0.5, 0.6) is 0 Å². The van der Waals surface area contributed by atoms with Crippen molar-refractivity contribution in [2.45, 2.75) is 76.7 Å².